The Hall–Kier alpha value is -1.96. The lowest BCUT2D eigenvalue weighted by Gasteiger charge is -2.29. The van der Waals surface area contributed by atoms with Crippen molar-refractivity contribution in [2.24, 2.45) is 0 Å². The summed E-state index contributed by atoms with van der Waals surface area (Å²) in [6.45, 7) is 4.36. The second kappa shape index (κ2) is 8.42. The lowest BCUT2D eigenvalue weighted by Crippen LogP contribution is -2.19. The second-order valence-corrected chi connectivity index (χ2v) is 9.84. The molecule has 2 N–H and O–H groups in total. The molecule has 0 radical (unpaired) electrons. The SMILES string of the molecule is CC(C)(c1ccc(C2CCCCC2)c(O)c1)c1ccc(C2CCCCC2)c(O)c1. The molecule has 0 aliphatic heterocycles. The van der Waals surface area contributed by atoms with E-state index in [2.05, 4.69) is 38.1 Å². The van der Waals surface area contributed by atoms with E-state index in [0.29, 0.717) is 23.3 Å². The van der Waals surface area contributed by atoms with E-state index in [-0.39, 0.29) is 5.41 Å². The van der Waals surface area contributed by atoms with Crippen LogP contribution >= 0.6 is 0 Å². The van der Waals surface area contributed by atoms with Crippen LogP contribution in [0.25, 0.3) is 0 Å². The number of benzene rings is 2. The Labute approximate surface area is 176 Å². The number of phenolic OH excluding ortho intramolecular Hbond substituents is 2. The summed E-state index contributed by atoms with van der Waals surface area (Å²) in [6.07, 6.45) is 12.5. The molecule has 2 aliphatic rings. The molecule has 0 unspecified atom stereocenters. The molecular weight excluding hydrogens is 356 g/mol. The summed E-state index contributed by atoms with van der Waals surface area (Å²) in [4.78, 5) is 0. The molecule has 0 heterocycles. The third-order valence-electron chi connectivity index (χ3n) is 7.59. The van der Waals surface area contributed by atoms with Crippen molar-refractivity contribution >= 4 is 0 Å². The minimum absolute atomic E-state index is 0.273. The largest absolute Gasteiger partial charge is 0.508 e. The molecule has 2 aliphatic carbocycles. The monoisotopic (exact) mass is 392 g/mol. The fourth-order valence-corrected chi connectivity index (χ4v) is 5.55. The summed E-state index contributed by atoms with van der Waals surface area (Å²) in [6, 6.07) is 12.5. The standard InChI is InChI=1S/C27H36O2/c1-27(2,21-13-15-23(25(28)17-21)19-9-5-3-6-10-19)22-14-16-24(26(29)18-22)20-11-7-4-8-12-20/h13-20,28-29H,3-12H2,1-2H3. The van der Waals surface area contributed by atoms with Crippen LogP contribution in [0.3, 0.4) is 0 Å². The Balaban J connectivity index is 1.59. The topological polar surface area (TPSA) is 40.5 Å². The van der Waals surface area contributed by atoms with Gasteiger partial charge in [0.1, 0.15) is 11.5 Å². The van der Waals surface area contributed by atoms with Crippen molar-refractivity contribution in [3.63, 3.8) is 0 Å². The van der Waals surface area contributed by atoms with E-state index in [9.17, 15) is 10.2 Å². The molecule has 0 aromatic heterocycles. The predicted molar refractivity (Wildman–Crippen MR) is 120 cm³/mol. The molecule has 0 amide bonds. The first kappa shape index (κ1) is 20.3. The van der Waals surface area contributed by atoms with Gasteiger partial charge in [0.05, 0.1) is 0 Å². The Morgan fingerprint density at radius 3 is 1.34 bits per heavy atom. The zero-order chi connectivity index (χ0) is 20.4. The maximum atomic E-state index is 10.8. The average molecular weight is 393 g/mol. The molecule has 0 saturated heterocycles. The van der Waals surface area contributed by atoms with Crippen molar-refractivity contribution in [2.45, 2.75) is 95.3 Å². The molecule has 0 spiro atoms. The number of hydrogen-bond donors (Lipinski definition) is 2. The number of hydrogen-bond acceptors (Lipinski definition) is 2. The van der Waals surface area contributed by atoms with Gasteiger partial charge in [-0.25, -0.2) is 0 Å². The molecule has 2 heteroatoms. The molecule has 2 aromatic carbocycles. The average Bonchev–Trinajstić information content (AvgIpc) is 2.75. The van der Waals surface area contributed by atoms with Crippen LogP contribution in [0.2, 0.25) is 0 Å². The van der Waals surface area contributed by atoms with E-state index >= 15 is 0 Å². The van der Waals surface area contributed by atoms with Crippen molar-refractivity contribution in [1.29, 1.82) is 0 Å². The smallest absolute Gasteiger partial charge is 0.119 e. The number of rotatable bonds is 4. The summed E-state index contributed by atoms with van der Waals surface area (Å²) in [5.41, 5.74) is 4.14. The van der Waals surface area contributed by atoms with E-state index in [0.717, 1.165) is 22.3 Å². The highest BCUT2D eigenvalue weighted by atomic mass is 16.3. The zero-order valence-corrected chi connectivity index (χ0v) is 18.1. The van der Waals surface area contributed by atoms with Crippen LogP contribution in [-0.2, 0) is 5.41 Å². The van der Waals surface area contributed by atoms with Gasteiger partial charge in [-0.1, -0.05) is 76.6 Å². The maximum Gasteiger partial charge on any atom is 0.119 e. The first-order valence-electron chi connectivity index (χ1n) is 11.6. The van der Waals surface area contributed by atoms with E-state index in [4.69, 9.17) is 0 Å². The molecule has 2 nitrogen and oxygen atoms in total. The Morgan fingerprint density at radius 2 is 1.00 bits per heavy atom. The summed E-state index contributed by atoms with van der Waals surface area (Å²) in [7, 11) is 0. The Bertz CT molecular complexity index is 770. The van der Waals surface area contributed by atoms with E-state index in [1.807, 2.05) is 12.1 Å². The van der Waals surface area contributed by atoms with Crippen LogP contribution in [0.4, 0.5) is 0 Å². The van der Waals surface area contributed by atoms with Crippen LogP contribution in [-0.4, -0.2) is 10.2 Å². The normalized spacial score (nSPS) is 19.4. The second-order valence-electron chi connectivity index (χ2n) is 9.84. The molecule has 29 heavy (non-hydrogen) atoms. The Kier molecular flexibility index (Phi) is 5.90. The quantitative estimate of drug-likeness (QED) is 0.565. The molecule has 2 fully saturated rings. The van der Waals surface area contributed by atoms with Gasteiger partial charge in [-0.15, -0.1) is 0 Å². The van der Waals surface area contributed by atoms with E-state index in [1.165, 1.54) is 64.2 Å². The zero-order valence-electron chi connectivity index (χ0n) is 18.1. The van der Waals surface area contributed by atoms with Crippen molar-refractivity contribution in [2.75, 3.05) is 0 Å². The fourth-order valence-electron chi connectivity index (χ4n) is 5.55. The molecule has 2 aromatic rings. The fraction of sp³-hybridized carbons (Fsp3) is 0.556. The molecular formula is C27H36O2. The van der Waals surface area contributed by atoms with Gasteiger partial charge in [0, 0.05) is 5.41 Å². The highest BCUT2D eigenvalue weighted by molar-refractivity contribution is 5.49. The third kappa shape index (κ3) is 4.17. The first-order chi connectivity index (χ1) is 14.0. The maximum absolute atomic E-state index is 10.8. The van der Waals surface area contributed by atoms with Gasteiger partial charge in [-0.05, 0) is 71.9 Å². The number of phenols is 2. The van der Waals surface area contributed by atoms with Gasteiger partial charge in [-0.2, -0.15) is 0 Å². The van der Waals surface area contributed by atoms with Gasteiger partial charge in [0.25, 0.3) is 0 Å². The third-order valence-corrected chi connectivity index (χ3v) is 7.59. The van der Waals surface area contributed by atoms with Gasteiger partial charge >= 0.3 is 0 Å². The molecule has 0 atom stereocenters. The lowest BCUT2D eigenvalue weighted by atomic mass is 9.75. The lowest BCUT2D eigenvalue weighted by molar-refractivity contribution is 0.412. The molecule has 2 saturated carbocycles. The van der Waals surface area contributed by atoms with Crippen LogP contribution < -0.4 is 0 Å². The van der Waals surface area contributed by atoms with Crippen LogP contribution in [0, 0.1) is 0 Å². The van der Waals surface area contributed by atoms with Gasteiger partial charge < -0.3 is 10.2 Å². The molecule has 156 valence electrons. The highest BCUT2D eigenvalue weighted by Crippen LogP contribution is 2.43. The van der Waals surface area contributed by atoms with Crippen LogP contribution in [0.5, 0.6) is 11.5 Å². The van der Waals surface area contributed by atoms with Crippen molar-refractivity contribution in [1.82, 2.24) is 0 Å². The first-order valence-corrected chi connectivity index (χ1v) is 11.6. The minimum Gasteiger partial charge on any atom is -0.508 e. The van der Waals surface area contributed by atoms with Gasteiger partial charge in [0.15, 0.2) is 0 Å². The summed E-state index contributed by atoms with van der Waals surface area (Å²) < 4.78 is 0. The van der Waals surface area contributed by atoms with Crippen molar-refractivity contribution in [3.05, 3.63) is 58.7 Å². The summed E-state index contributed by atoms with van der Waals surface area (Å²) in [5.74, 6) is 1.87. The van der Waals surface area contributed by atoms with Gasteiger partial charge in [0.2, 0.25) is 0 Å². The van der Waals surface area contributed by atoms with Crippen LogP contribution in [0.15, 0.2) is 36.4 Å². The highest BCUT2D eigenvalue weighted by Gasteiger charge is 2.27. The molecule has 0 bridgehead atoms. The predicted octanol–water partition coefficient (Wildman–Crippen LogP) is 7.52. The molecule has 4 rings (SSSR count). The summed E-state index contributed by atoms with van der Waals surface area (Å²) in [5, 5.41) is 21.5. The van der Waals surface area contributed by atoms with Gasteiger partial charge in [-0.3, -0.25) is 0 Å². The Morgan fingerprint density at radius 1 is 0.621 bits per heavy atom. The van der Waals surface area contributed by atoms with Crippen LogP contribution in [0.1, 0.15) is 112 Å². The minimum atomic E-state index is -0.273. The number of aromatic hydroxyl groups is 2. The summed E-state index contributed by atoms with van der Waals surface area (Å²) >= 11 is 0. The van der Waals surface area contributed by atoms with E-state index in [1.54, 1.807) is 0 Å². The van der Waals surface area contributed by atoms with Crippen molar-refractivity contribution < 1.29 is 10.2 Å². The van der Waals surface area contributed by atoms with E-state index < -0.39 is 0 Å². The van der Waals surface area contributed by atoms with Crippen molar-refractivity contribution in [3.8, 4) is 11.5 Å².